The summed E-state index contributed by atoms with van der Waals surface area (Å²) in [5.41, 5.74) is 0. The Morgan fingerprint density at radius 3 is 1.25 bits per heavy atom. The van der Waals surface area contributed by atoms with Crippen molar-refractivity contribution in [1.82, 2.24) is 4.90 Å². The van der Waals surface area contributed by atoms with Gasteiger partial charge in [-0.25, -0.2) is 4.79 Å². The number of hydrogen-bond donors (Lipinski definition) is 1. The monoisotopic (exact) mass is 796 g/mol. The van der Waals surface area contributed by atoms with E-state index in [0.29, 0.717) is 26.2 Å². The summed E-state index contributed by atoms with van der Waals surface area (Å²) < 4.78 is 16.8. The van der Waals surface area contributed by atoms with Gasteiger partial charge in [-0.3, -0.25) is 4.79 Å². The summed E-state index contributed by atoms with van der Waals surface area (Å²) in [7, 11) is 0. The first-order valence-electron chi connectivity index (χ1n) is 24.9. The molecule has 0 bridgehead atoms. The maximum atomic E-state index is 12.5. The zero-order valence-electron chi connectivity index (χ0n) is 37.9. The minimum atomic E-state index is -0.461. The Morgan fingerprint density at radius 2 is 0.786 bits per heavy atom. The first kappa shape index (κ1) is 54.7. The standard InChI is InChI=1S/C49H97NO6/c1-4-7-10-13-15-16-17-22-30-39-47(38-29-12-9-6-3)56-49(53)55-46-37-27-21-19-25-33-42-50(43-34-28-35-44-51)41-32-24-18-20-26-36-45-54-48(52)40-31-23-14-11-8-5-2/h47,51H,4-46H2,1-3H3. The summed E-state index contributed by atoms with van der Waals surface area (Å²) >= 11 is 0. The lowest BCUT2D eigenvalue weighted by Gasteiger charge is -2.22. The van der Waals surface area contributed by atoms with Gasteiger partial charge in [0.15, 0.2) is 0 Å². The lowest BCUT2D eigenvalue weighted by Crippen LogP contribution is -2.27. The minimum Gasteiger partial charge on any atom is -0.466 e. The number of esters is 1. The number of unbranched alkanes of at least 4 members (excludes halogenated alkanes) is 28. The highest BCUT2D eigenvalue weighted by Crippen LogP contribution is 2.18. The molecule has 0 fully saturated rings. The molecule has 7 heteroatoms. The molecular weight excluding hydrogens is 699 g/mol. The quantitative estimate of drug-likeness (QED) is 0.0485. The second-order valence-corrected chi connectivity index (χ2v) is 16.9. The van der Waals surface area contributed by atoms with Gasteiger partial charge in [0.25, 0.3) is 0 Å². The van der Waals surface area contributed by atoms with Crippen LogP contribution >= 0.6 is 0 Å². The van der Waals surface area contributed by atoms with Gasteiger partial charge in [0.1, 0.15) is 6.10 Å². The van der Waals surface area contributed by atoms with E-state index in [4.69, 9.17) is 14.2 Å². The molecule has 56 heavy (non-hydrogen) atoms. The summed E-state index contributed by atoms with van der Waals surface area (Å²) in [6.07, 6.45) is 43.1. The van der Waals surface area contributed by atoms with Crippen molar-refractivity contribution in [1.29, 1.82) is 0 Å². The molecule has 0 amide bonds. The number of nitrogens with zero attached hydrogens (tertiary/aromatic N) is 1. The molecule has 1 N–H and O–H groups in total. The van der Waals surface area contributed by atoms with Gasteiger partial charge in [-0.05, 0) is 96.7 Å². The van der Waals surface area contributed by atoms with Gasteiger partial charge in [-0.1, -0.05) is 175 Å². The lowest BCUT2D eigenvalue weighted by atomic mass is 10.0. The average Bonchev–Trinajstić information content (AvgIpc) is 3.19. The first-order chi connectivity index (χ1) is 27.6. The van der Waals surface area contributed by atoms with Crippen LogP contribution in [-0.4, -0.2) is 67.7 Å². The van der Waals surface area contributed by atoms with E-state index >= 15 is 0 Å². The van der Waals surface area contributed by atoms with Crippen LogP contribution in [0.4, 0.5) is 4.79 Å². The number of hydrogen-bond acceptors (Lipinski definition) is 7. The van der Waals surface area contributed by atoms with E-state index in [1.165, 1.54) is 161 Å². The topological polar surface area (TPSA) is 85.3 Å². The van der Waals surface area contributed by atoms with Gasteiger partial charge < -0.3 is 24.2 Å². The SMILES string of the molecule is CCCCCCCCCCCC(CCCCCC)OC(=O)OCCCCCCCCN(CCCCCO)CCCCCCCCOC(=O)CCCCCCCC. The molecule has 0 heterocycles. The molecule has 0 saturated carbocycles. The van der Waals surface area contributed by atoms with Crippen molar-refractivity contribution >= 4 is 12.1 Å². The molecular formula is C49H97NO6. The molecule has 0 rings (SSSR count). The van der Waals surface area contributed by atoms with E-state index in [1.54, 1.807) is 0 Å². The van der Waals surface area contributed by atoms with E-state index in [2.05, 4.69) is 25.7 Å². The maximum Gasteiger partial charge on any atom is 0.508 e. The van der Waals surface area contributed by atoms with Crippen LogP contribution in [0, 0.1) is 0 Å². The molecule has 0 aliphatic rings. The highest BCUT2D eigenvalue weighted by molar-refractivity contribution is 5.69. The van der Waals surface area contributed by atoms with E-state index in [9.17, 15) is 14.7 Å². The van der Waals surface area contributed by atoms with Gasteiger partial charge in [-0.15, -0.1) is 0 Å². The van der Waals surface area contributed by atoms with Gasteiger partial charge in [0, 0.05) is 13.0 Å². The highest BCUT2D eigenvalue weighted by atomic mass is 16.7. The molecule has 0 aromatic rings. The molecule has 334 valence electrons. The molecule has 1 unspecified atom stereocenters. The summed E-state index contributed by atoms with van der Waals surface area (Å²) in [5, 5.41) is 9.19. The minimum absolute atomic E-state index is 0.00629. The Kier molecular flexibility index (Phi) is 45.2. The van der Waals surface area contributed by atoms with Crippen LogP contribution in [0.2, 0.25) is 0 Å². The van der Waals surface area contributed by atoms with E-state index in [-0.39, 0.29) is 12.1 Å². The molecule has 0 aromatic carbocycles. The van der Waals surface area contributed by atoms with Crippen molar-refractivity contribution in [2.45, 2.75) is 264 Å². The molecule has 0 aromatic heterocycles. The second kappa shape index (κ2) is 46.4. The van der Waals surface area contributed by atoms with Gasteiger partial charge in [-0.2, -0.15) is 0 Å². The molecule has 0 saturated heterocycles. The maximum absolute atomic E-state index is 12.5. The van der Waals surface area contributed by atoms with Crippen molar-refractivity contribution in [2.75, 3.05) is 39.5 Å². The number of ether oxygens (including phenoxy) is 3. The molecule has 0 radical (unpaired) electrons. The number of aliphatic hydroxyl groups excluding tert-OH is 1. The van der Waals surface area contributed by atoms with Crippen molar-refractivity contribution in [2.24, 2.45) is 0 Å². The molecule has 0 aliphatic carbocycles. The van der Waals surface area contributed by atoms with Gasteiger partial charge in [0.2, 0.25) is 0 Å². The summed E-state index contributed by atoms with van der Waals surface area (Å²) in [6, 6.07) is 0. The second-order valence-electron chi connectivity index (χ2n) is 16.9. The van der Waals surface area contributed by atoms with E-state index in [1.807, 2.05) is 0 Å². The predicted molar refractivity (Wildman–Crippen MR) is 239 cm³/mol. The Labute approximate surface area is 348 Å². The van der Waals surface area contributed by atoms with Gasteiger partial charge in [0.05, 0.1) is 13.2 Å². The Balaban J connectivity index is 4.05. The van der Waals surface area contributed by atoms with Crippen molar-refractivity contribution in [3.8, 4) is 0 Å². The third kappa shape index (κ3) is 42.3. The molecule has 1 atom stereocenters. The summed E-state index contributed by atoms with van der Waals surface area (Å²) in [4.78, 5) is 27.1. The van der Waals surface area contributed by atoms with Crippen LogP contribution in [0.1, 0.15) is 258 Å². The average molecular weight is 796 g/mol. The molecule has 0 aliphatic heterocycles. The lowest BCUT2D eigenvalue weighted by molar-refractivity contribution is -0.143. The fraction of sp³-hybridized carbons (Fsp3) is 0.959. The van der Waals surface area contributed by atoms with Crippen LogP contribution in [0.15, 0.2) is 0 Å². The Morgan fingerprint density at radius 1 is 0.429 bits per heavy atom. The predicted octanol–water partition coefficient (Wildman–Crippen LogP) is 14.8. The van der Waals surface area contributed by atoms with Crippen molar-refractivity contribution < 1.29 is 28.9 Å². The van der Waals surface area contributed by atoms with Crippen molar-refractivity contribution in [3.05, 3.63) is 0 Å². The van der Waals surface area contributed by atoms with E-state index in [0.717, 1.165) is 90.1 Å². The number of carbonyl (C=O) groups excluding carboxylic acids is 2. The first-order valence-corrected chi connectivity index (χ1v) is 24.9. The summed E-state index contributed by atoms with van der Waals surface area (Å²) in [6.45, 7) is 11.5. The van der Waals surface area contributed by atoms with Crippen LogP contribution in [0.5, 0.6) is 0 Å². The zero-order chi connectivity index (χ0) is 40.8. The number of carbonyl (C=O) groups is 2. The highest BCUT2D eigenvalue weighted by Gasteiger charge is 2.15. The smallest absolute Gasteiger partial charge is 0.466 e. The van der Waals surface area contributed by atoms with Crippen LogP contribution in [-0.2, 0) is 19.0 Å². The molecule has 0 spiro atoms. The number of rotatable bonds is 46. The van der Waals surface area contributed by atoms with Crippen LogP contribution < -0.4 is 0 Å². The van der Waals surface area contributed by atoms with Crippen LogP contribution in [0.3, 0.4) is 0 Å². The third-order valence-electron chi connectivity index (χ3n) is 11.4. The Bertz CT molecular complexity index is 795. The fourth-order valence-corrected chi connectivity index (χ4v) is 7.63. The molecule has 7 nitrogen and oxygen atoms in total. The van der Waals surface area contributed by atoms with Crippen molar-refractivity contribution in [3.63, 3.8) is 0 Å². The number of aliphatic hydroxyl groups is 1. The largest absolute Gasteiger partial charge is 0.508 e. The summed E-state index contributed by atoms with van der Waals surface area (Å²) in [5.74, 6) is -0.0148. The van der Waals surface area contributed by atoms with Crippen LogP contribution in [0.25, 0.3) is 0 Å². The Hall–Kier alpha value is -1.34. The zero-order valence-corrected chi connectivity index (χ0v) is 37.9. The van der Waals surface area contributed by atoms with Gasteiger partial charge >= 0.3 is 12.1 Å². The third-order valence-corrected chi connectivity index (χ3v) is 11.4. The normalized spacial score (nSPS) is 12.0. The van der Waals surface area contributed by atoms with E-state index < -0.39 is 6.16 Å². The fourth-order valence-electron chi connectivity index (χ4n) is 7.63.